The second-order valence-electron chi connectivity index (χ2n) is 7.94. The summed E-state index contributed by atoms with van der Waals surface area (Å²) in [7, 11) is 5.32. The van der Waals surface area contributed by atoms with Gasteiger partial charge >= 0.3 is 0 Å². The first-order valence-corrected chi connectivity index (χ1v) is 10.8. The molecule has 2 aromatic rings. The molecule has 1 aromatic heterocycles. The Morgan fingerprint density at radius 3 is 2.70 bits per heavy atom. The first kappa shape index (κ1) is 24.1. The lowest BCUT2D eigenvalue weighted by Gasteiger charge is -2.28. The molecule has 176 valence electrons. The van der Waals surface area contributed by atoms with Crippen molar-refractivity contribution in [2.75, 3.05) is 40.9 Å². The van der Waals surface area contributed by atoms with E-state index in [9.17, 15) is 14.7 Å². The summed E-state index contributed by atoms with van der Waals surface area (Å²) in [6.07, 6.45) is 5.16. The van der Waals surface area contributed by atoms with Crippen LogP contribution in [0.15, 0.2) is 58.4 Å². The number of likely N-dealkylation sites (N-methyl/N-ethyl adjacent to an activating group) is 1. The Morgan fingerprint density at radius 2 is 2.06 bits per heavy atom. The fraction of sp³-hybridized carbons (Fsp3) is 0.360. The van der Waals surface area contributed by atoms with E-state index in [1.54, 1.807) is 30.3 Å². The van der Waals surface area contributed by atoms with Gasteiger partial charge in [-0.2, -0.15) is 0 Å². The van der Waals surface area contributed by atoms with Gasteiger partial charge in [-0.1, -0.05) is 13.0 Å². The lowest BCUT2D eigenvalue weighted by atomic mass is 9.95. The smallest absolute Gasteiger partial charge is 0.290 e. The molecule has 0 aliphatic carbocycles. The lowest BCUT2D eigenvalue weighted by Crippen LogP contribution is -2.36. The van der Waals surface area contributed by atoms with Crippen LogP contribution in [-0.4, -0.2) is 67.5 Å². The number of nitrogens with zero attached hydrogens (tertiary/aromatic N) is 2. The second kappa shape index (κ2) is 10.9. The molecule has 0 radical (unpaired) electrons. The number of hydrogen-bond acceptors (Lipinski definition) is 7. The minimum absolute atomic E-state index is 0.0193. The molecule has 8 nitrogen and oxygen atoms in total. The Kier molecular flexibility index (Phi) is 7.95. The fourth-order valence-corrected chi connectivity index (χ4v) is 3.61. The molecule has 1 aliphatic rings. The molecule has 8 heteroatoms. The third kappa shape index (κ3) is 5.46. The molecule has 0 saturated carbocycles. The molecule has 1 unspecified atom stereocenters. The van der Waals surface area contributed by atoms with Crippen molar-refractivity contribution < 1.29 is 28.6 Å². The number of carbonyl (C=O) groups is 2. The van der Waals surface area contributed by atoms with Crippen LogP contribution < -0.4 is 9.47 Å². The third-order valence-corrected chi connectivity index (χ3v) is 5.26. The molecule has 0 saturated heterocycles. The Balaban J connectivity index is 2.01. The maximum absolute atomic E-state index is 13.1. The summed E-state index contributed by atoms with van der Waals surface area (Å²) in [5.74, 6) is -0.0379. The second-order valence-corrected chi connectivity index (χ2v) is 7.94. The number of ketones is 1. The third-order valence-electron chi connectivity index (χ3n) is 5.26. The molecule has 1 amide bonds. The average Bonchev–Trinajstić information content (AvgIpc) is 3.41. The van der Waals surface area contributed by atoms with E-state index in [2.05, 4.69) is 0 Å². The van der Waals surface area contributed by atoms with E-state index < -0.39 is 23.5 Å². The van der Waals surface area contributed by atoms with Crippen LogP contribution in [0.3, 0.4) is 0 Å². The molecule has 1 N–H and O–H groups in total. The van der Waals surface area contributed by atoms with Gasteiger partial charge in [0, 0.05) is 13.1 Å². The average molecular weight is 455 g/mol. The van der Waals surface area contributed by atoms with Crippen LogP contribution in [0.4, 0.5) is 0 Å². The van der Waals surface area contributed by atoms with E-state index in [4.69, 9.17) is 13.9 Å². The van der Waals surface area contributed by atoms with E-state index in [0.717, 1.165) is 6.42 Å². The van der Waals surface area contributed by atoms with Gasteiger partial charge in [0.1, 0.15) is 5.76 Å². The Hall–Kier alpha value is -3.52. The zero-order valence-corrected chi connectivity index (χ0v) is 19.4. The first-order valence-electron chi connectivity index (χ1n) is 10.8. The minimum atomic E-state index is -0.764. The molecule has 3 rings (SSSR count). The van der Waals surface area contributed by atoms with Gasteiger partial charge < -0.3 is 28.8 Å². The van der Waals surface area contributed by atoms with Gasteiger partial charge in [-0.15, -0.1) is 0 Å². The zero-order valence-electron chi connectivity index (χ0n) is 19.4. The van der Waals surface area contributed by atoms with Crippen LogP contribution in [0.25, 0.3) is 6.08 Å². The van der Waals surface area contributed by atoms with Crippen molar-refractivity contribution in [2.24, 2.45) is 0 Å². The molecule has 0 spiro atoms. The molecule has 2 heterocycles. The lowest BCUT2D eigenvalue weighted by molar-refractivity contribution is -0.129. The Labute approximate surface area is 193 Å². The van der Waals surface area contributed by atoms with Crippen molar-refractivity contribution in [3.05, 3.63) is 65.3 Å². The quantitative estimate of drug-likeness (QED) is 0.519. The highest BCUT2D eigenvalue weighted by molar-refractivity contribution is 6.14. The van der Waals surface area contributed by atoms with Crippen LogP contribution in [0, 0.1) is 0 Å². The summed E-state index contributed by atoms with van der Waals surface area (Å²) in [6, 6.07) is 7.94. The highest BCUT2D eigenvalue weighted by Gasteiger charge is 2.43. The van der Waals surface area contributed by atoms with E-state index in [-0.39, 0.29) is 5.57 Å². The normalized spacial score (nSPS) is 16.3. The van der Waals surface area contributed by atoms with Crippen LogP contribution in [0.1, 0.15) is 30.7 Å². The molecule has 1 aliphatic heterocycles. The van der Waals surface area contributed by atoms with Gasteiger partial charge in [-0.05, 0) is 62.5 Å². The van der Waals surface area contributed by atoms with E-state index in [0.29, 0.717) is 42.5 Å². The number of ether oxygens (including phenoxy) is 2. The standard InChI is InChI=1S/C25H30N2O6/c1-5-14-33-20-11-8-17(16-21(20)31-4)23-22(19(28)10-9-18-7-6-15-32-18)24(29)25(30)27(23)13-12-26(2)3/h6-11,15-16,23,29H,5,12-14H2,1-4H3/b10-9+. The highest BCUT2D eigenvalue weighted by Crippen LogP contribution is 2.41. The van der Waals surface area contributed by atoms with E-state index in [1.807, 2.05) is 25.9 Å². The number of aliphatic hydroxyl groups is 1. The summed E-state index contributed by atoms with van der Waals surface area (Å²) in [5, 5.41) is 10.7. The monoisotopic (exact) mass is 454 g/mol. The minimum Gasteiger partial charge on any atom is -0.503 e. The number of hydrogen-bond donors (Lipinski definition) is 1. The van der Waals surface area contributed by atoms with Crippen molar-refractivity contribution in [1.82, 2.24) is 9.80 Å². The van der Waals surface area contributed by atoms with Crippen molar-refractivity contribution in [1.29, 1.82) is 0 Å². The van der Waals surface area contributed by atoms with Gasteiger partial charge in [0.15, 0.2) is 23.0 Å². The summed E-state index contributed by atoms with van der Waals surface area (Å²) >= 11 is 0. The number of rotatable bonds is 11. The maximum Gasteiger partial charge on any atom is 0.290 e. The molecular formula is C25H30N2O6. The van der Waals surface area contributed by atoms with Gasteiger partial charge in [0.2, 0.25) is 0 Å². The number of allylic oxidation sites excluding steroid dienone is 1. The number of amides is 1. The largest absolute Gasteiger partial charge is 0.503 e. The van der Waals surface area contributed by atoms with Crippen LogP contribution in [0.5, 0.6) is 11.5 Å². The molecule has 1 atom stereocenters. The fourth-order valence-electron chi connectivity index (χ4n) is 3.61. The number of carbonyl (C=O) groups excluding carboxylic acids is 2. The van der Waals surface area contributed by atoms with E-state index in [1.165, 1.54) is 30.4 Å². The maximum atomic E-state index is 13.1. The van der Waals surface area contributed by atoms with Gasteiger partial charge in [0.25, 0.3) is 5.91 Å². The predicted octanol–water partition coefficient (Wildman–Crippen LogP) is 3.62. The predicted molar refractivity (Wildman–Crippen MR) is 124 cm³/mol. The SMILES string of the molecule is CCCOc1ccc(C2C(C(=O)/C=C/c3ccco3)=C(O)C(=O)N2CCN(C)C)cc1OC. The van der Waals surface area contributed by atoms with Gasteiger partial charge in [0.05, 0.1) is 31.6 Å². The molecule has 33 heavy (non-hydrogen) atoms. The zero-order chi connectivity index (χ0) is 24.0. The van der Waals surface area contributed by atoms with Crippen LogP contribution >= 0.6 is 0 Å². The molecule has 0 bridgehead atoms. The van der Waals surface area contributed by atoms with Crippen molar-refractivity contribution in [2.45, 2.75) is 19.4 Å². The first-order chi connectivity index (χ1) is 15.9. The Bertz CT molecular complexity index is 1040. The molecule has 0 fully saturated rings. The Morgan fingerprint density at radius 1 is 1.27 bits per heavy atom. The molecular weight excluding hydrogens is 424 g/mol. The van der Waals surface area contributed by atoms with Crippen molar-refractivity contribution in [3.63, 3.8) is 0 Å². The summed E-state index contributed by atoms with van der Waals surface area (Å²) in [5.41, 5.74) is 0.660. The highest BCUT2D eigenvalue weighted by atomic mass is 16.5. The van der Waals surface area contributed by atoms with Gasteiger partial charge in [-0.3, -0.25) is 9.59 Å². The van der Waals surface area contributed by atoms with E-state index >= 15 is 0 Å². The number of benzene rings is 1. The van der Waals surface area contributed by atoms with Crippen LogP contribution in [0.2, 0.25) is 0 Å². The number of furan rings is 1. The number of methoxy groups -OCH3 is 1. The van der Waals surface area contributed by atoms with Crippen molar-refractivity contribution >= 4 is 17.8 Å². The summed E-state index contributed by atoms with van der Waals surface area (Å²) < 4.78 is 16.5. The topological polar surface area (TPSA) is 92.5 Å². The molecule has 1 aromatic carbocycles. The van der Waals surface area contributed by atoms with Crippen molar-refractivity contribution in [3.8, 4) is 11.5 Å². The summed E-state index contributed by atoms with van der Waals surface area (Å²) in [4.78, 5) is 29.5. The van der Waals surface area contributed by atoms with Gasteiger partial charge in [-0.25, -0.2) is 0 Å². The summed E-state index contributed by atoms with van der Waals surface area (Å²) in [6.45, 7) is 3.44. The number of aliphatic hydroxyl groups excluding tert-OH is 1. The van der Waals surface area contributed by atoms with Crippen LogP contribution in [-0.2, 0) is 9.59 Å².